The Morgan fingerprint density at radius 2 is 2.25 bits per heavy atom. The molecule has 1 aliphatic heterocycles. The van der Waals surface area contributed by atoms with E-state index in [2.05, 4.69) is 0 Å². The molecule has 0 aromatic carbocycles. The molecule has 0 aromatic rings. The molecule has 4 heteroatoms. The number of hydrogen-bond donors (Lipinski definition) is 2. The number of hydrogen-bond acceptors (Lipinski definition) is 3. The van der Waals surface area contributed by atoms with E-state index in [-0.39, 0.29) is 11.3 Å². The van der Waals surface area contributed by atoms with Gasteiger partial charge in [0.2, 0.25) is 0 Å². The van der Waals surface area contributed by atoms with E-state index in [0.717, 1.165) is 45.5 Å². The molecule has 0 amide bonds. The topological polar surface area (TPSA) is 68.3 Å². The van der Waals surface area contributed by atoms with Crippen LogP contribution in [0.2, 0.25) is 0 Å². The number of ether oxygens (including phenoxy) is 2. The first-order valence-electron chi connectivity index (χ1n) is 6.06. The highest BCUT2D eigenvalue weighted by atomic mass is 16.5. The van der Waals surface area contributed by atoms with E-state index in [1.807, 2.05) is 13.8 Å². The van der Waals surface area contributed by atoms with Crippen molar-refractivity contribution in [2.24, 2.45) is 11.1 Å². The summed E-state index contributed by atoms with van der Waals surface area (Å²) >= 11 is 0. The second-order valence-electron chi connectivity index (χ2n) is 5.11. The molecule has 4 nitrogen and oxygen atoms in total. The Morgan fingerprint density at radius 3 is 2.81 bits per heavy atom. The van der Waals surface area contributed by atoms with Gasteiger partial charge in [-0.3, -0.25) is 5.41 Å². The van der Waals surface area contributed by atoms with Gasteiger partial charge >= 0.3 is 0 Å². The van der Waals surface area contributed by atoms with Crippen LogP contribution in [0.15, 0.2) is 0 Å². The van der Waals surface area contributed by atoms with Gasteiger partial charge in [0.15, 0.2) is 0 Å². The van der Waals surface area contributed by atoms with E-state index in [1.165, 1.54) is 0 Å². The summed E-state index contributed by atoms with van der Waals surface area (Å²) in [7, 11) is 0. The van der Waals surface area contributed by atoms with Crippen LogP contribution in [0.5, 0.6) is 0 Å². The van der Waals surface area contributed by atoms with Crippen molar-refractivity contribution in [1.29, 1.82) is 5.41 Å². The van der Waals surface area contributed by atoms with Gasteiger partial charge in [0.1, 0.15) is 0 Å². The van der Waals surface area contributed by atoms with Crippen LogP contribution in [-0.4, -0.2) is 31.8 Å². The highest BCUT2D eigenvalue weighted by molar-refractivity contribution is 5.82. The highest BCUT2D eigenvalue weighted by Gasteiger charge is 2.21. The SMILES string of the molecule is CC(C)(CCCCOC1CCOC1)C(=N)N. The molecule has 94 valence electrons. The standard InChI is InChI=1S/C12H24N2O2/c1-12(2,11(13)14)6-3-4-7-16-10-5-8-15-9-10/h10H,3-9H2,1-2H3,(H3,13,14). The van der Waals surface area contributed by atoms with Crippen molar-refractivity contribution in [3.8, 4) is 0 Å². The fourth-order valence-corrected chi connectivity index (χ4v) is 1.70. The van der Waals surface area contributed by atoms with E-state index in [0.29, 0.717) is 6.10 Å². The summed E-state index contributed by atoms with van der Waals surface area (Å²) in [6.45, 7) is 6.41. The van der Waals surface area contributed by atoms with Crippen LogP contribution in [0.25, 0.3) is 0 Å². The molecule has 1 atom stereocenters. The third-order valence-electron chi connectivity index (χ3n) is 3.17. The van der Waals surface area contributed by atoms with Crippen LogP contribution in [0, 0.1) is 10.8 Å². The Morgan fingerprint density at radius 1 is 1.50 bits per heavy atom. The van der Waals surface area contributed by atoms with Crippen molar-refractivity contribution >= 4 is 5.84 Å². The molecule has 1 aliphatic rings. The third kappa shape index (κ3) is 4.49. The minimum absolute atomic E-state index is 0.170. The minimum atomic E-state index is -0.170. The molecule has 0 saturated carbocycles. The number of nitrogens with one attached hydrogen (secondary N) is 1. The normalized spacial score (nSPS) is 21.2. The maximum Gasteiger partial charge on any atom is 0.0963 e. The molecular weight excluding hydrogens is 204 g/mol. The molecule has 0 aromatic heterocycles. The Labute approximate surface area is 98.0 Å². The van der Waals surface area contributed by atoms with Gasteiger partial charge in [0.05, 0.1) is 18.5 Å². The van der Waals surface area contributed by atoms with Gasteiger partial charge in [-0.1, -0.05) is 20.3 Å². The van der Waals surface area contributed by atoms with Gasteiger partial charge < -0.3 is 15.2 Å². The number of rotatable bonds is 7. The van der Waals surface area contributed by atoms with Crippen molar-refractivity contribution in [3.05, 3.63) is 0 Å². The third-order valence-corrected chi connectivity index (χ3v) is 3.17. The van der Waals surface area contributed by atoms with Crippen molar-refractivity contribution in [2.75, 3.05) is 19.8 Å². The van der Waals surface area contributed by atoms with Crippen LogP contribution in [0.4, 0.5) is 0 Å². The molecule has 1 fully saturated rings. The van der Waals surface area contributed by atoms with Crippen molar-refractivity contribution in [1.82, 2.24) is 0 Å². The van der Waals surface area contributed by atoms with Gasteiger partial charge in [-0.15, -0.1) is 0 Å². The van der Waals surface area contributed by atoms with Gasteiger partial charge in [-0.05, 0) is 19.3 Å². The fourth-order valence-electron chi connectivity index (χ4n) is 1.70. The lowest BCUT2D eigenvalue weighted by molar-refractivity contribution is 0.0401. The summed E-state index contributed by atoms with van der Waals surface area (Å²) in [5.41, 5.74) is 5.35. The molecule has 0 bridgehead atoms. The molecular formula is C12H24N2O2. The Bertz CT molecular complexity index is 223. The van der Waals surface area contributed by atoms with Crippen LogP contribution >= 0.6 is 0 Å². The Balaban J connectivity index is 2.01. The van der Waals surface area contributed by atoms with E-state index in [9.17, 15) is 0 Å². The summed E-state index contributed by atoms with van der Waals surface area (Å²) in [5.74, 6) is 0.276. The molecule has 3 N–H and O–H groups in total. The largest absolute Gasteiger partial charge is 0.387 e. The zero-order valence-electron chi connectivity index (χ0n) is 10.4. The maximum absolute atomic E-state index is 7.44. The first kappa shape index (κ1) is 13.5. The smallest absolute Gasteiger partial charge is 0.0963 e. The van der Waals surface area contributed by atoms with Crippen LogP contribution in [-0.2, 0) is 9.47 Å². The lowest BCUT2D eigenvalue weighted by Gasteiger charge is -2.22. The van der Waals surface area contributed by atoms with Gasteiger partial charge in [-0.2, -0.15) is 0 Å². The second-order valence-corrected chi connectivity index (χ2v) is 5.11. The molecule has 1 saturated heterocycles. The summed E-state index contributed by atoms with van der Waals surface area (Å²) in [6.07, 6.45) is 4.37. The number of amidine groups is 1. The monoisotopic (exact) mass is 228 g/mol. The second kappa shape index (κ2) is 6.21. The lowest BCUT2D eigenvalue weighted by Crippen LogP contribution is -2.30. The quantitative estimate of drug-likeness (QED) is 0.397. The number of nitrogens with two attached hydrogens (primary N) is 1. The molecule has 0 radical (unpaired) electrons. The summed E-state index contributed by atoms with van der Waals surface area (Å²) in [5, 5.41) is 7.44. The first-order chi connectivity index (χ1) is 7.52. The van der Waals surface area contributed by atoms with Crippen molar-refractivity contribution < 1.29 is 9.47 Å². The van der Waals surface area contributed by atoms with Crippen molar-refractivity contribution in [3.63, 3.8) is 0 Å². The molecule has 0 spiro atoms. The summed E-state index contributed by atoms with van der Waals surface area (Å²) in [4.78, 5) is 0. The highest BCUT2D eigenvalue weighted by Crippen LogP contribution is 2.22. The van der Waals surface area contributed by atoms with Gasteiger partial charge in [0, 0.05) is 18.6 Å². The molecule has 1 heterocycles. The summed E-state index contributed by atoms with van der Waals surface area (Å²) < 4.78 is 10.9. The van der Waals surface area contributed by atoms with Crippen LogP contribution in [0.1, 0.15) is 39.5 Å². The lowest BCUT2D eigenvalue weighted by atomic mass is 9.86. The zero-order chi connectivity index (χ0) is 12.0. The summed E-state index contributed by atoms with van der Waals surface area (Å²) in [6, 6.07) is 0. The zero-order valence-corrected chi connectivity index (χ0v) is 10.4. The number of unbranched alkanes of at least 4 members (excludes halogenated alkanes) is 1. The van der Waals surface area contributed by atoms with Gasteiger partial charge in [-0.25, -0.2) is 0 Å². The molecule has 1 rings (SSSR count). The Kier molecular flexibility index (Phi) is 5.22. The van der Waals surface area contributed by atoms with Crippen molar-refractivity contribution in [2.45, 2.75) is 45.6 Å². The Hall–Kier alpha value is -0.610. The van der Waals surface area contributed by atoms with E-state index in [4.69, 9.17) is 20.6 Å². The van der Waals surface area contributed by atoms with E-state index >= 15 is 0 Å². The first-order valence-corrected chi connectivity index (χ1v) is 6.06. The van der Waals surface area contributed by atoms with E-state index in [1.54, 1.807) is 0 Å². The van der Waals surface area contributed by atoms with E-state index < -0.39 is 0 Å². The average Bonchev–Trinajstić information content (AvgIpc) is 2.69. The van der Waals surface area contributed by atoms with Crippen LogP contribution < -0.4 is 5.73 Å². The molecule has 16 heavy (non-hydrogen) atoms. The average molecular weight is 228 g/mol. The molecule has 1 unspecified atom stereocenters. The fraction of sp³-hybridized carbons (Fsp3) is 0.917. The minimum Gasteiger partial charge on any atom is -0.387 e. The predicted octanol–water partition coefficient (Wildman–Crippen LogP) is 1.92. The predicted molar refractivity (Wildman–Crippen MR) is 64.7 cm³/mol. The van der Waals surface area contributed by atoms with Gasteiger partial charge in [0.25, 0.3) is 0 Å². The molecule has 0 aliphatic carbocycles. The van der Waals surface area contributed by atoms with Crippen LogP contribution in [0.3, 0.4) is 0 Å². The maximum atomic E-state index is 7.44.